The van der Waals surface area contributed by atoms with Gasteiger partial charge in [-0.15, -0.1) is 12.4 Å². The van der Waals surface area contributed by atoms with Crippen LogP contribution in [-0.4, -0.2) is 41.1 Å². The van der Waals surface area contributed by atoms with Crippen LogP contribution in [0.1, 0.15) is 25.3 Å². The number of methoxy groups -OCH3 is 1. The normalized spacial score (nSPS) is 17.0. The van der Waals surface area contributed by atoms with Crippen LogP contribution < -0.4 is 10.0 Å². The van der Waals surface area contributed by atoms with Crippen LogP contribution >= 0.6 is 12.4 Å². The molecule has 0 amide bonds. The highest BCUT2D eigenvalue weighted by Crippen LogP contribution is 2.49. The molecule has 1 saturated carbocycles. The number of hydrogen-bond donors (Lipinski definition) is 2. The van der Waals surface area contributed by atoms with Crippen LogP contribution in [-0.2, 0) is 25.0 Å². The predicted octanol–water partition coefficient (Wildman–Crippen LogP) is 1.20. The van der Waals surface area contributed by atoms with Gasteiger partial charge < -0.3 is 10.1 Å². The highest BCUT2D eigenvalue weighted by atomic mass is 35.5. The predicted molar refractivity (Wildman–Crippen MR) is 90.3 cm³/mol. The number of benzene rings is 1. The Kier molecular flexibility index (Phi) is 6.59. The van der Waals surface area contributed by atoms with Crippen molar-refractivity contribution in [3.8, 4) is 0 Å². The van der Waals surface area contributed by atoms with Crippen LogP contribution in [0.5, 0.6) is 0 Å². The zero-order valence-electron chi connectivity index (χ0n) is 13.5. The molecule has 1 atom stereocenters. The standard InChI is InChI=1S/C15H22N2O4S.ClH/c1-11(16-2)10-17-22(19,20)13-6-4-12(5-7-13)15(8-9-15)14(18)21-3;/h4-7,11,16-17H,8-10H2,1-3H3;1H. The van der Waals surface area contributed by atoms with Crippen molar-refractivity contribution in [2.24, 2.45) is 0 Å². The number of esters is 1. The lowest BCUT2D eigenvalue weighted by Gasteiger charge is -2.14. The molecule has 1 fully saturated rings. The lowest BCUT2D eigenvalue weighted by atomic mass is 9.96. The van der Waals surface area contributed by atoms with Crippen molar-refractivity contribution < 1.29 is 17.9 Å². The molecule has 2 N–H and O–H groups in total. The van der Waals surface area contributed by atoms with Gasteiger partial charge in [-0.25, -0.2) is 13.1 Å². The van der Waals surface area contributed by atoms with Crippen molar-refractivity contribution in [3.05, 3.63) is 29.8 Å². The first kappa shape index (κ1) is 19.9. The van der Waals surface area contributed by atoms with Gasteiger partial charge in [0.15, 0.2) is 0 Å². The van der Waals surface area contributed by atoms with E-state index in [1.165, 1.54) is 19.2 Å². The van der Waals surface area contributed by atoms with Crippen LogP contribution in [0.15, 0.2) is 29.2 Å². The van der Waals surface area contributed by atoms with Crippen molar-refractivity contribution in [1.82, 2.24) is 10.0 Å². The second kappa shape index (κ2) is 7.61. The van der Waals surface area contributed by atoms with Crippen LogP contribution in [0.2, 0.25) is 0 Å². The SMILES string of the molecule is CNC(C)CNS(=O)(=O)c1ccc(C2(C(=O)OC)CC2)cc1.Cl. The van der Waals surface area contributed by atoms with Gasteiger partial charge in [0.2, 0.25) is 10.0 Å². The van der Waals surface area contributed by atoms with Crippen LogP contribution in [0.3, 0.4) is 0 Å². The van der Waals surface area contributed by atoms with Gasteiger partial charge in [-0.2, -0.15) is 0 Å². The van der Waals surface area contributed by atoms with Gasteiger partial charge in [0.25, 0.3) is 0 Å². The number of rotatable bonds is 7. The Labute approximate surface area is 143 Å². The van der Waals surface area contributed by atoms with Crippen molar-refractivity contribution in [2.75, 3.05) is 20.7 Å². The first-order valence-electron chi connectivity index (χ1n) is 7.21. The average Bonchev–Trinajstić information content (AvgIpc) is 3.33. The molecular formula is C15H23ClN2O4S. The summed E-state index contributed by atoms with van der Waals surface area (Å²) in [6, 6.07) is 6.50. The number of carbonyl (C=O) groups is 1. The quantitative estimate of drug-likeness (QED) is 0.712. The number of nitrogens with one attached hydrogen (secondary N) is 2. The van der Waals surface area contributed by atoms with E-state index in [-0.39, 0.29) is 29.3 Å². The molecule has 0 heterocycles. The molecule has 6 nitrogen and oxygen atoms in total. The molecule has 8 heteroatoms. The van der Waals surface area contributed by atoms with E-state index in [2.05, 4.69) is 10.0 Å². The highest BCUT2D eigenvalue weighted by Gasteiger charge is 2.52. The summed E-state index contributed by atoms with van der Waals surface area (Å²) in [6.45, 7) is 2.20. The first-order chi connectivity index (χ1) is 10.4. The molecule has 23 heavy (non-hydrogen) atoms. The van der Waals surface area contributed by atoms with Crippen molar-refractivity contribution in [1.29, 1.82) is 0 Å². The van der Waals surface area contributed by atoms with E-state index in [9.17, 15) is 13.2 Å². The molecule has 1 aliphatic carbocycles. The minimum atomic E-state index is -3.54. The van der Waals surface area contributed by atoms with Crippen molar-refractivity contribution in [3.63, 3.8) is 0 Å². The fourth-order valence-electron chi connectivity index (χ4n) is 2.30. The van der Waals surface area contributed by atoms with Crippen molar-refractivity contribution in [2.45, 2.75) is 36.1 Å². The Morgan fingerprint density at radius 1 is 1.30 bits per heavy atom. The second-order valence-corrected chi connectivity index (χ2v) is 7.41. The summed E-state index contributed by atoms with van der Waals surface area (Å²) in [5.74, 6) is -0.260. The van der Waals surface area contributed by atoms with E-state index < -0.39 is 15.4 Å². The second-order valence-electron chi connectivity index (χ2n) is 5.64. The van der Waals surface area contributed by atoms with E-state index in [1.807, 2.05) is 6.92 Å². The Morgan fingerprint density at radius 2 is 1.87 bits per heavy atom. The number of sulfonamides is 1. The average molecular weight is 363 g/mol. The number of likely N-dealkylation sites (N-methyl/N-ethyl adjacent to an activating group) is 1. The van der Waals surface area contributed by atoms with Gasteiger partial charge in [0.05, 0.1) is 17.4 Å². The molecule has 0 aromatic heterocycles. The lowest BCUT2D eigenvalue weighted by molar-refractivity contribution is -0.143. The van der Waals surface area contributed by atoms with Crippen molar-refractivity contribution >= 4 is 28.4 Å². The number of halogens is 1. The monoisotopic (exact) mass is 362 g/mol. The van der Waals surface area contributed by atoms with Gasteiger partial charge in [-0.05, 0) is 44.5 Å². The largest absolute Gasteiger partial charge is 0.468 e. The van der Waals surface area contributed by atoms with E-state index in [4.69, 9.17) is 4.74 Å². The fraction of sp³-hybridized carbons (Fsp3) is 0.533. The Morgan fingerprint density at radius 3 is 2.30 bits per heavy atom. The van der Waals surface area contributed by atoms with Gasteiger partial charge in [0.1, 0.15) is 0 Å². The number of hydrogen-bond acceptors (Lipinski definition) is 5. The van der Waals surface area contributed by atoms with Crippen LogP contribution in [0, 0.1) is 0 Å². The third-order valence-corrected chi connectivity index (χ3v) is 5.56. The molecule has 0 spiro atoms. The smallest absolute Gasteiger partial charge is 0.316 e. The number of carbonyl (C=O) groups excluding carboxylic acids is 1. The molecule has 2 rings (SSSR count). The zero-order valence-corrected chi connectivity index (χ0v) is 15.1. The summed E-state index contributed by atoms with van der Waals surface area (Å²) in [7, 11) is -0.397. The van der Waals surface area contributed by atoms with Gasteiger partial charge in [-0.1, -0.05) is 12.1 Å². The molecule has 1 aromatic carbocycles. The molecule has 0 aliphatic heterocycles. The minimum absolute atomic E-state index is 0. The first-order valence-corrected chi connectivity index (χ1v) is 8.70. The van der Waals surface area contributed by atoms with Gasteiger partial charge >= 0.3 is 5.97 Å². The van der Waals surface area contributed by atoms with Gasteiger partial charge in [0, 0.05) is 12.6 Å². The van der Waals surface area contributed by atoms with E-state index in [0.29, 0.717) is 6.54 Å². The lowest BCUT2D eigenvalue weighted by Crippen LogP contribution is -2.37. The minimum Gasteiger partial charge on any atom is -0.468 e. The molecule has 0 radical (unpaired) electrons. The third kappa shape index (κ3) is 4.23. The fourth-order valence-corrected chi connectivity index (χ4v) is 3.43. The van der Waals surface area contributed by atoms with Crippen LogP contribution in [0.4, 0.5) is 0 Å². The highest BCUT2D eigenvalue weighted by molar-refractivity contribution is 7.89. The van der Waals surface area contributed by atoms with Crippen LogP contribution in [0.25, 0.3) is 0 Å². The zero-order chi connectivity index (χ0) is 16.4. The summed E-state index contributed by atoms with van der Waals surface area (Å²) in [5, 5.41) is 2.97. The maximum atomic E-state index is 12.2. The Bertz CT molecular complexity index is 642. The van der Waals surface area contributed by atoms with Gasteiger partial charge in [-0.3, -0.25) is 4.79 Å². The van der Waals surface area contributed by atoms with E-state index in [0.717, 1.165) is 18.4 Å². The Balaban J connectivity index is 0.00000264. The summed E-state index contributed by atoms with van der Waals surface area (Å²) < 4.78 is 31.8. The molecule has 130 valence electrons. The molecule has 1 unspecified atom stereocenters. The number of ether oxygens (including phenoxy) is 1. The molecule has 0 saturated heterocycles. The summed E-state index contributed by atoms with van der Waals surface area (Å²) in [5.41, 5.74) is 0.229. The molecule has 1 aromatic rings. The maximum Gasteiger partial charge on any atom is 0.316 e. The molecule has 0 bridgehead atoms. The topological polar surface area (TPSA) is 84.5 Å². The summed E-state index contributed by atoms with van der Waals surface area (Å²) >= 11 is 0. The Hall–Kier alpha value is -1.15. The molecule has 1 aliphatic rings. The van der Waals surface area contributed by atoms with E-state index >= 15 is 0 Å². The van der Waals surface area contributed by atoms with E-state index in [1.54, 1.807) is 19.2 Å². The summed E-state index contributed by atoms with van der Waals surface area (Å²) in [4.78, 5) is 12.0. The summed E-state index contributed by atoms with van der Waals surface area (Å²) in [6.07, 6.45) is 1.48. The third-order valence-electron chi connectivity index (χ3n) is 4.12. The molecular weight excluding hydrogens is 340 g/mol. The maximum absolute atomic E-state index is 12.2.